The van der Waals surface area contributed by atoms with Gasteiger partial charge in [0.15, 0.2) is 11.6 Å². The number of aryl methyl sites for hydroxylation is 1. The molecule has 2 rings (SSSR count). The summed E-state index contributed by atoms with van der Waals surface area (Å²) in [5.74, 6) is -2.24. The van der Waals surface area contributed by atoms with Crippen molar-refractivity contribution in [1.29, 1.82) is 0 Å². The van der Waals surface area contributed by atoms with E-state index in [1.54, 1.807) is 6.92 Å². The second-order valence-electron chi connectivity index (χ2n) is 5.82. The van der Waals surface area contributed by atoms with E-state index >= 15 is 0 Å². The van der Waals surface area contributed by atoms with Crippen molar-refractivity contribution in [1.82, 2.24) is 5.32 Å². The third kappa shape index (κ3) is 4.61. The first kappa shape index (κ1) is 18.1. The summed E-state index contributed by atoms with van der Waals surface area (Å²) < 4.78 is 26.2. The molecule has 2 N–H and O–H groups in total. The summed E-state index contributed by atoms with van der Waals surface area (Å²) in [5, 5.41) is 12.9. The Morgan fingerprint density at radius 2 is 1.83 bits per heavy atom. The van der Waals surface area contributed by atoms with E-state index in [0.29, 0.717) is 0 Å². The molecule has 0 aliphatic heterocycles. The van der Waals surface area contributed by atoms with Crippen LogP contribution in [0.4, 0.5) is 8.78 Å². The minimum absolute atomic E-state index is 0.197. The van der Waals surface area contributed by atoms with Gasteiger partial charge in [-0.05, 0) is 42.2 Å². The van der Waals surface area contributed by atoms with Crippen LogP contribution in [0.1, 0.15) is 36.6 Å². The fraction of sp³-hybridized carbons (Fsp3) is 0.316. The first-order valence-electron chi connectivity index (χ1n) is 7.91. The third-order valence-corrected chi connectivity index (χ3v) is 3.91. The minimum atomic E-state index is -1.12. The topological polar surface area (TPSA) is 49.3 Å². The van der Waals surface area contributed by atoms with E-state index in [-0.39, 0.29) is 17.9 Å². The van der Waals surface area contributed by atoms with Crippen molar-refractivity contribution >= 4 is 5.91 Å². The van der Waals surface area contributed by atoms with Crippen LogP contribution in [0.2, 0.25) is 0 Å². The fourth-order valence-corrected chi connectivity index (χ4v) is 2.51. The van der Waals surface area contributed by atoms with Crippen molar-refractivity contribution < 1.29 is 18.7 Å². The van der Waals surface area contributed by atoms with Crippen LogP contribution in [-0.4, -0.2) is 17.1 Å². The van der Waals surface area contributed by atoms with E-state index in [9.17, 15) is 18.7 Å². The van der Waals surface area contributed by atoms with Crippen LogP contribution >= 0.6 is 0 Å². The smallest absolute Gasteiger partial charge is 0.224 e. The molecular weight excluding hydrogens is 312 g/mol. The van der Waals surface area contributed by atoms with Crippen molar-refractivity contribution in [3.63, 3.8) is 0 Å². The molecule has 1 amide bonds. The van der Waals surface area contributed by atoms with Crippen molar-refractivity contribution in [2.75, 3.05) is 0 Å². The number of hydrogen-bond donors (Lipinski definition) is 2. The van der Waals surface area contributed by atoms with Crippen LogP contribution in [0.25, 0.3) is 0 Å². The highest BCUT2D eigenvalue weighted by atomic mass is 19.2. The van der Waals surface area contributed by atoms with E-state index in [4.69, 9.17) is 0 Å². The van der Waals surface area contributed by atoms with Gasteiger partial charge in [0.1, 0.15) is 0 Å². The first-order valence-corrected chi connectivity index (χ1v) is 7.91. The average molecular weight is 333 g/mol. The van der Waals surface area contributed by atoms with Gasteiger partial charge < -0.3 is 10.4 Å². The molecule has 0 bridgehead atoms. The Morgan fingerprint density at radius 1 is 1.12 bits per heavy atom. The standard InChI is InChI=1S/C19H21F2NO2/c1-3-13-5-4-6-14(9-13)10-18(23)22-12(2)19(24)15-7-8-16(20)17(21)11-15/h4-9,11-12,19,24H,3,10H2,1-2H3,(H,22,23). The highest BCUT2D eigenvalue weighted by Crippen LogP contribution is 2.19. The molecule has 2 aromatic carbocycles. The number of amides is 1. The normalized spacial score (nSPS) is 13.4. The number of halogens is 2. The maximum Gasteiger partial charge on any atom is 0.224 e. The van der Waals surface area contributed by atoms with Gasteiger partial charge in [-0.15, -0.1) is 0 Å². The van der Waals surface area contributed by atoms with Crippen LogP contribution in [0.15, 0.2) is 42.5 Å². The Bertz CT molecular complexity index is 718. The monoisotopic (exact) mass is 333 g/mol. The number of carbonyl (C=O) groups excluding carboxylic acids is 1. The second kappa shape index (κ2) is 8.02. The van der Waals surface area contributed by atoms with Gasteiger partial charge in [0.2, 0.25) is 5.91 Å². The van der Waals surface area contributed by atoms with Gasteiger partial charge in [-0.2, -0.15) is 0 Å². The molecule has 0 saturated carbocycles. The summed E-state index contributed by atoms with van der Waals surface area (Å²) in [5.41, 5.74) is 2.26. The predicted octanol–water partition coefficient (Wildman–Crippen LogP) is 3.31. The van der Waals surface area contributed by atoms with Gasteiger partial charge in [0, 0.05) is 0 Å². The van der Waals surface area contributed by atoms with Gasteiger partial charge in [-0.1, -0.05) is 37.3 Å². The summed E-state index contributed by atoms with van der Waals surface area (Å²) in [6, 6.07) is 10.3. The van der Waals surface area contributed by atoms with E-state index in [0.717, 1.165) is 29.7 Å². The molecule has 5 heteroatoms. The summed E-state index contributed by atoms with van der Waals surface area (Å²) in [6.07, 6.45) is -0.0327. The molecule has 0 aliphatic rings. The van der Waals surface area contributed by atoms with Crippen molar-refractivity contribution in [3.05, 3.63) is 70.8 Å². The molecule has 2 aromatic rings. The lowest BCUT2D eigenvalue weighted by atomic mass is 10.0. The van der Waals surface area contributed by atoms with Crippen LogP contribution in [0, 0.1) is 11.6 Å². The Morgan fingerprint density at radius 3 is 2.50 bits per heavy atom. The SMILES string of the molecule is CCc1cccc(CC(=O)NC(C)C(O)c2ccc(F)c(F)c2)c1. The van der Waals surface area contributed by atoms with Gasteiger partial charge in [0.05, 0.1) is 18.6 Å². The molecule has 3 nitrogen and oxygen atoms in total. The molecule has 2 atom stereocenters. The predicted molar refractivity (Wildman–Crippen MR) is 88.4 cm³/mol. The van der Waals surface area contributed by atoms with Crippen molar-refractivity contribution in [2.24, 2.45) is 0 Å². The van der Waals surface area contributed by atoms with E-state index in [1.807, 2.05) is 31.2 Å². The number of hydrogen-bond acceptors (Lipinski definition) is 2. The van der Waals surface area contributed by atoms with Gasteiger partial charge in [-0.25, -0.2) is 8.78 Å². The lowest BCUT2D eigenvalue weighted by Gasteiger charge is -2.21. The summed E-state index contributed by atoms with van der Waals surface area (Å²) >= 11 is 0. The lowest BCUT2D eigenvalue weighted by Crippen LogP contribution is -2.38. The molecule has 0 aromatic heterocycles. The highest BCUT2D eigenvalue weighted by Gasteiger charge is 2.20. The van der Waals surface area contributed by atoms with Crippen LogP contribution < -0.4 is 5.32 Å². The molecule has 0 saturated heterocycles. The number of carbonyl (C=O) groups is 1. The molecule has 24 heavy (non-hydrogen) atoms. The average Bonchev–Trinajstić information content (AvgIpc) is 2.56. The Kier molecular flexibility index (Phi) is 6.04. The summed E-state index contributed by atoms with van der Waals surface area (Å²) in [7, 11) is 0. The lowest BCUT2D eigenvalue weighted by molar-refractivity contribution is -0.121. The van der Waals surface area contributed by atoms with Crippen molar-refractivity contribution in [3.8, 4) is 0 Å². The molecule has 0 radical (unpaired) electrons. The molecule has 0 heterocycles. The van der Waals surface area contributed by atoms with Crippen LogP contribution in [-0.2, 0) is 17.6 Å². The fourth-order valence-electron chi connectivity index (χ4n) is 2.51. The van der Waals surface area contributed by atoms with Gasteiger partial charge in [-0.3, -0.25) is 4.79 Å². The minimum Gasteiger partial charge on any atom is -0.386 e. The molecule has 2 unspecified atom stereocenters. The summed E-state index contributed by atoms with van der Waals surface area (Å²) in [4.78, 5) is 12.1. The van der Waals surface area contributed by atoms with Gasteiger partial charge >= 0.3 is 0 Å². The van der Waals surface area contributed by atoms with Crippen molar-refractivity contribution in [2.45, 2.75) is 38.8 Å². The van der Waals surface area contributed by atoms with Crippen LogP contribution in [0.5, 0.6) is 0 Å². The maximum atomic E-state index is 13.3. The summed E-state index contributed by atoms with van der Waals surface area (Å²) in [6.45, 7) is 3.66. The molecule has 0 spiro atoms. The number of rotatable bonds is 6. The Labute approximate surface area is 140 Å². The highest BCUT2D eigenvalue weighted by molar-refractivity contribution is 5.79. The van der Waals surface area contributed by atoms with Crippen LogP contribution in [0.3, 0.4) is 0 Å². The number of aliphatic hydroxyl groups excluding tert-OH is 1. The first-order chi connectivity index (χ1) is 11.4. The Hall–Kier alpha value is -2.27. The van der Waals surface area contributed by atoms with Gasteiger partial charge in [0.25, 0.3) is 0 Å². The number of benzene rings is 2. The second-order valence-corrected chi connectivity index (χ2v) is 5.82. The molecular formula is C19H21F2NO2. The maximum absolute atomic E-state index is 13.3. The zero-order chi connectivity index (χ0) is 17.7. The quantitative estimate of drug-likeness (QED) is 0.852. The Balaban J connectivity index is 1.98. The zero-order valence-electron chi connectivity index (χ0n) is 13.7. The van der Waals surface area contributed by atoms with E-state index < -0.39 is 23.8 Å². The largest absolute Gasteiger partial charge is 0.386 e. The molecule has 0 fully saturated rings. The number of nitrogens with one attached hydrogen (secondary N) is 1. The zero-order valence-corrected chi connectivity index (χ0v) is 13.7. The van der Waals surface area contributed by atoms with E-state index in [1.165, 1.54) is 6.07 Å². The molecule has 128 valence electrons. The number of aliphatic hydroxyl groups is 1. The molecule has 0 aliphatic carbocycles. The third-order valence-electron chi connectivity index (χ3n) is 3.91. The van der Waals surface area contributed by atoms with E-state index in [2.05, 4.69) is 5.32 Å².